The Bertz CT molecular complexity index is 1210. The smallest absolute Gasteiger partial charge is 0.254 e. The van der Waals surface area contributed by atoms with E-state index in [-0.39, 0.29) is 36.1 Å². The summed E-state index contributed by atoms with van der Waals surface area (Å²) in [6.45, 7) is 5.88. The molecule has 5 rings (SSSR count). The Labute approximate surface area is 238 Å². The predicted octanol–water partition coefficient (Wildman–Crippen LogP) is 3.90. The van der Waals surface area contributed by atoms with Gasteiger partial charge in [-0.2, -0.15) is 0 Å². The summed E-state index contributed by atoms with van der Waals surface area (Å²) in [5.74, 6) is 0.0169. The zero-order chi connectivity index (χ0) is 28.4. The Hall–Kier alpha value is -3.19. The average molecular weight is 545 g/mol. The minimum absolute atomic E-state index is 0.0172. The molecule has 40 heavy (non-hydrogen) atoms. The van der Waals surface area contributed by atoms with Crippen molar-refractivity contribution in [2.45, 2.75) is 77.0 Å². The van der Waals surface area contributed by atoms with Crippen molar-refractivity contribution < 1.29 is 14.4 Å². The summed E-state index contributed by atoms with van der Waals surface area (Å²) in [7, 11) is 4.19. The zero-order valence-electron chi connectivity index (χ0n) is 24.4. The number of piperidine rings is 1. The van der Waals surface area contributed by atoms with Crippen LogP contribution in [-0.2, 0) is 29.0 Å². The number of carbonyl (C=O) groups is 3. The van der Waals surface area contributed by atoms with Crippen molar-refractivity contribution in [3.05, 3.63) is 70.8 Å². The van der Waals surface area contributed by atoms with Crippen LogP contribution >= 0.6 is 0 Å². The van der Waals surface area contributed by atoms with E-state index in [0.29, 0.717) is 11.6 Å². The molecule has 7 heteroatoms. The average Bonchev–Trinajstić information content (AvgIpc) is 3.41. The standard InChI is InChI=1S/C33H44N4O3/c1-5-22(6-2)30-31(38)34-29(26-19-23-11-7-8-12-24(23)20-26)33(40)37(30)21-25-13-9-10-14-28(25)32(39)36-17-15-27(16-18-36)35(3)4/h7-14,22,26-27,29-30H,5-6,15-21H2,1-4H3,(H,34,38). The van der Waals surface area contributed by atoms with Crippen LogP contribution in [0.2, 0.25) is 0 Å². The Morgan fingerprint density at radius 3 is 2.15 bits per heavy atom. The molecule has 214 valence electrons. The molecule has 3 amide bonds. The maximum Gasteiger partial charge on any atom is 0.254 e. The number of rotatable bonds is 8. The number of hydrogen-bond acceptors (Lipinski definition) is 4. The molecule has 1 N–H and O–H groups in total. The van der Waals surface area contributed by atoms with Crippen molar-refractivity contribution in [3.8, 4) is 0 Å². The largest absolute Gasteiger partial charge is 0.342 e. The lowest BCUT2D eigenvalue weighted by Crippen LogP contribution is -2.66. The molecule has 2 aromatic carbocycles. The second-order valence-corrected chi connectivity index (χ2v) is 12.1. The summed E-state index contributed by atoms with van der Waals surface area (Å²) < 4.78 is 0. The molecular weight excluding hydrogens is 500 g/mol. The van der Waals surface area contributed by atoms with Gasteiger partial charge >= 0.3 is 0 Å². The molecule has 2 saturated heterocycles. The van der Waals surface area contributed by atoms with Gasteiger partial charge in [-0.05, 0) is 74.4 Å². The van der Waals surface area contributed by atoms with Crippen LogP contribution in [0.25, 0.3) is 0 Å². The highest BCUT2D eigenvalue weighted by atomic mass is 16.2. The monoisotopic (exact) mass is 544 g/mol. The third kappa shape index (κ3) is 5.53. The van der Waals surface area contributed by atoms with Crippen LogP contribution < -0.4 is 5.32 Å². The van der Waals surface area contributed by atoms with Crippen LogP contribution in [0.3, 0.4) is 0 Å². The second-order valence-electron chi connectivity index (χ2n) is 12.1. The third-order valence-electron chi connectivity index (χ3n) is 9.57. The summed E-state index contributed by atoms with van der Waals surface area (Å²) in [5.41, 5.74) is 3.97. The third-order valence-corrected chi connectivity index (χ3v) is 9.57. The van der Waals surface area contributed by atoms with Crippen LogP contribution in [0, 0.1) is 11.8 Å². The van der Waals surface area contributed by atoms with Gasteiger partial charge in [-0.1, -0.05) is 69.2 Å². The van der Waals surface area contributed by atoms with Gasteiger partial charge in [0, 0.05) is 31.2 Å². The van der Waals surface area contributed by atoms with Crippen LogP contribution in [-0.4, -0.2) is 77.7 Å². The van der Waals surface area contributed by atoms with E-state index >= 15 is 0 Å². The highest BCUT2D eigenvalue weighted by molar-refractivity contribution is 5.98. The van der Waals surface area contributed by atoms with Gasteiger partial charge in [0.25, 0.3) is 5.91 Å². The predicted molar refractivity (Wildman–Crippen MR) is 157 cm³/mol. The molecule has 2 fully saturated rings. The van der Waals surface area contributed by atoms with Gasteiger partial charge in [0.2, 0.25) is 11.8 Å². The molecule has 0 bridgehead atoms. The lowest BCUT2D eigenvalue weighted by atomic mass is 9.85. The van der Waals surface area contributed by atoms with Gasteiger partial charge in [-0.15, -0.1) is 0 Å². The summed E-state index contributed by atoms with van der Waals surface area (Å²) in [4.78, 5) is 47.7. The highest BCUT2D eigenvalue weighted by Crippen LogP contribution is 2.33. The van der Waals surface area contributed by atoms with E-state index < -0.39 is 12.1 Å². The molecule has 2 unspecified atom stereocenters. The summed E-state index contributed by atoms with van der Waals surface area (Å²) in [6, 6.07) is 15.4. The molecule has 0 aromatic heterocycles. The van der Waals surface area contributed by atoms with Gasteiger partial charge in [0.15, 0.2) is 0 Å². The van der Waals surface area contributed by atoms with Gasteiger partial charge in [0.1, 0.15) is 12.1 Å². The van der Waals surface area contributed by atoms with Gasteiger partial charge in [-0.25, -0.2) is 0 Å². The Morgan fingerprint density at radius 2 is 1.55 bits per heavy atom. The number of amides is 3. The fourth-order valence-electron chi connectivity index (χ4n) is 7.09. The first-order valence-corrected chi connectivity index (χ1v) is 15.0. The molecule has 2 atom stereocenters. The molecule has 2 heterocycles. The van der Waals surface area contributed by atoms with E-state index in [9.17, 15) is 14.4 Å². The molecule has 2 aromatic rings. The Kier molecular flexibility index (Phi) is 8.60. The van der Waals surface area contributed by atoms with E-state index in [4.69, 9.17) is 0 Å². The normalized spacial score (nSPS) is 22.2. The van der Waals surface area contributed by atoms with E-state index in [0.717, 1.165) is 57.2 Å². The lowest BCUT2D eigenvalue weighted by molar-refractivity contribution is -0.154. The van der Waals surface area contributed by atoms with E-state index in [1.54, 1.807) is 4.90 Å². The van der Waals surface area contributed by atoms with Crippen molar-refractivity contribution in [3.63, 3.8) is 0 Å². The minimum Gasteiger partial charge on any atom is -0.342 e. The number of carbonyl (C=O) groups excluding carboxylic acids is 3. The highest BCUT2D eigenvalue weighted by Gasteiger charge is 2.47. The van der Waals surface area contributed by atoms with Crippen LogP contribution in [0.1, 0.15) is 66.6 Å². The van der Waals surface area contributed by atoms with Crippen molar-refractivity contribution in [1.29, 1.82) is 0 Å². The van der Waals surface area contributed by atoms with E-state index in [1.807, 2.05) is 41.3 Å². The fraction of sp³-hybridized carbons (Fsp3) is 0.545. The Morgan fingerprint density at radius 1 is 0.950 bits per heavy atom. The number of hydrogen-bond donors (Lipinski definition) is 1. The fourth-order valence-corrected chi connectivity index (χ4v) is 7.09. The molecule has 3 aliphatic rings. The number of nitrogens with zero attached hydrogens (tertiary/aromatic N) is 3. The van der Waals surface area contributed by atoms with Crippen LogP contribution in [0.5, 0.6) is 0 Å². The van der Waals surface area contributed by atoms with Gasteiger partial charge < -0.3 is 20.0 Å². The molecule has 2 aliphatic heterocycles. The summed E-state index contributed by atoms with van der Waals surface area (Å²) >= 11 is 0. The Balaban J connectivity index is 1.41. The number of benzene rings is 2. The molecule has 7 nitrogen and oxygen atoms in total. The second kappa shape index (κ2) is 12.1. The van der Waals surface area contributed by atoms with E-state index in [1.165, 1.54) is 11.1 Å². The van der Waals surface area contributed by atoms with Crippen molar-refractivity contribution in [2.24, 2.45) is 11.8 Å². The molecule has 0 saturated carbocycles. The number of likely N-dealkylation sites (tertiary alicyclic amines) is 1. The number of fused-ring (bicyclic) bond motifs is 1. The number of piperazine rings is 1. The molecule has 0 radical (unpaired) electrons. The van der Waals surface area contributed by atoms with Gasteiger partial charge in [0.05, 0.1) is 0 Å². The molecule has 1 aliphatic carbocycles. The van der Waals surface area contributed by atoms with Crippen molar-refractivity contribution in [1.82, 2.24) is 20.0 Å². The number of nitrogens with one attached hydrogen (secondary N) is 1. The zero-order valence-corrected chi connectivity index (χ0v) is 24.4. The first kappa shape index (κ1) is 28.3. The maximum atomic E-state index is 14.3. The topological polar surface area (TPSA) is 73.0 Å². The van der Waals surface area contributed by atoms with E-state index in [2.05, 4.69) is 50.3 Å². The van der Waals surface area contributed by atoms with Gasteiger partial charge in [-0.3, -0.25) is 14.4 Å². The first-order valence-electron chi connectivity index (χ1n) is 15.0. The summed E-state index contributed by atoms with van der Waals surface area (Å²) in [6.07, 6.45) is 5.09. The first-order chi connectivity index (χ1) is 19.3. The minimum atomic E-state index is -0.557. The summed E-state index contributed by atoms with van der Waals surface area (Å²) in [5, 5.41) is 3.15. The lowest BCUT2D eigenvalue weighted by Gasteiger charge is -2.44. The van der Waals surface area contributed by atoms with Crippen molar-refractivity contribution in [2.75, 3.05) is 27.2 Å². The van der Waals surface area contributed by atoms with Crippen molar-refractivity contribution >= 4 is 17.7 Å². The molecular formula is C33H44N4O3. The van der Waals surface area contributed by atoms with Crippen LogP contribution in [0.15, 0.2) is 48.5 Å². The maximum absolute atomic E-state index is 14.3. The van der Waals surface area contributed by atoms with Crippen LogP contribution in [0.4, 0.5) is 0 Å². The SMILES string of the molecule is CCC(CC)C1C(=O)NC(C2Cc3ccccc3C2)C(=O)N1Cc1ccccc1C(=O)N1CCC(N(C)C)CC1. The quantitative estimate of drug-likeness (QED) is 0.547. The molecule has 0 spiro atoms.